The zero-order chi connectivity index (χ0) is 15.5. The number of hydrogen-bond donors (Lipinski definition) is 1. The lowest BCUT2D eigenvalue weighted by Crippen LogP contribution is -2.51. The second-order valence-corrected chi connectivity index (χ2v) is 7.47. The van der Waals surface area contributed by atoms with Crippen molar-refractivity contribution < 1.29 is 13.2 Å². The Balaban J connectivity index is 2.33. The number of carbonyl (C=O) groups is 1. The van der Waals surface area contributed by atoms with Gasteiger partial charge in [0.15, 0.2) is 0 Å². The lowest BCUT2D eigenvalue weighted by molar-refractivity contribution is -0.125. The number of hydrogen-bond acceptors (Lipinski definition) is 3. The Kier molecular flexibility index (Phi) is 5.40. The van der Waals surface area contributed by atoms with Crippen LogP contribution in [0.25, 0.3) is 0 Å². The first-order valence-corrected chi connectivity index (χ1v) is 9.45. The third kappa shape index (κ3) is 3.46. The van der Waals surface area contributed by atoms with E-state index in [-0.39, 0.29) is 10.8 Å². The molecule has 1 amide bonds. The summed E-state index contributed by atoms with van der Waals surface area (Å²) < 4.78 is 26.8. The molecule has 1 heterocycles. The standard InChI is InChI=1S/C14H19BrN2O3S/c1-16-14(18)13-4-2-3-9-17(13)21(19,20)12-7-5-11(10-15)6-8-12/h5-8,13H,2-4,9-10H2,1H3,(H,16,18). The number of alkyl halides is 1. The second-order valence-electron chi connectivity index (χ2n) is 5.02. The summed E-state index contributed by atoms with van der Waals surface area (Å²) in [7, 11) is -2.10. The molecule has 1 aliphatic rings. The Morgan fingerprint density at radius 3 is 2.57 bits per heavy atom. The Bertz CT molecular complexity index is 601. The molecule has 7 heteroatoms. The van der Waals surface area contributed by atoms with E-state index in [4.69, 9.17) is 0 Å². The Morgan fingerprint density at radius 2 is 2.00 bits per heavy atom. The van der Waals surface area contributed by atoms with Crippen LogP contribution in [0.3, 0.4) is 0 Å². The summed E-state index contributed by atoms with van der Waals surface area (Å²) in [5.41, 5.74) is 1.01. The molecule has 0 aliphatic carbocycles. The van der Waals surface area contributed by atoms with Crippen molar-refractivity contribution in [2.75, 3.05) is 13.6 Å². The number of amides is 1. The van der Waals surface area contributed by atoms with Crippen molar-refractivity contribution in [2.24, 2.45) is 0 Å². The van der Waals surface area contributed by atoms with Gasteiger partial charge in [-0.3, -0.25) is 4.79 Å². The summed E-state index contributed by atoms with van der Waals surface area (Å²) >= 11 is 3.33. The van der Waals surface area contributed by atoms with Gasteiger partial charge in [0.25, 0.3) is 0 Å². The minimum Gasteiger partial charge on any atom is -0.358 e. The molecule has 1 N–H and O–H groups in total. The molecule has 2 rings (SSSR count). The topological polar surface area (TPSA) is 66.5 Å². The number of piperidine rings is 1. The molecule has 1 atom stereocenters. The van der Waals surface area contributed by atoms with Crippen molar-refractivity contribution in [1.82, 2.24) is 9.62 Å². The van der Waals surface area contributed by atoms with E-state index in [2.05, 4.69) is 21.2 Å². The van der Waals surface area contributed by atoms with Crippen molar-refractivity contribution >= 4 is 31.9 Å². The average molecular weight is 375 g/mol. The first-order chi connectivity index (χ1) is 10.0. The minimum atomic E-state index is -3.63. The summed E-state index contributed by atoms with van der Waals surface area (Å²) in [5.74, 6) is -0.240. The molecular formula is C14H19BrN2O3S. The first-order valence-electron chi connectivity index (χ1n) is 6.89. The van der Waals surface area contributed by atoms with Crippen LogP contribution < -0.4 is 5.32 Å². The van der Waals surface area contributed by atoms with Gasteiger partial charge >= 0.3 is 0 Å². The number of nitrogens with zero attached hydrogens (tertiary/aromatic N) is 1. The number of benzene rings is 1. The SMILES string of the molecule is CNC(=O)C1CCCCN1S(=O)(=O)c1ccc(CBr)cc1. The van der Waals surface area contributed by atoms with E-state index >= 15 is 0 Å². The summed E-state index contributed by atoms with van der Waals surface area (Å²) in [4.78, 5) is 12.2. The van der Waals surface area contributed by atoms with Crippen LogP contribution in [0.5, 0.6) is 0 Å². The maximum absolute atomic E-state index is 12.8. The zero-order valence-electron chi connectivity index (χ0n) is 11.9. The highest BCUT2D eigenvalue weighted by molar-refractivity contribution is 9.08. The molecule has 5 nitrogen and oxygen atoms in total. The summed E-state index contributed by atoms with van der Waals surface area (Å²) in [6.07, 6.45) is 2.22. The molecule has 116 valence electrons. The lowest BCUT2D eigenvalue weighted by Gasteiger charge is -2.33. The normalized spacial score (nSPS) is 20.2. The number of carbonyl (C=O) groups excluding carboxylic acids is 1. The van der Waals surface area contributed by atoms with Gasteiger partial charge in [0.1, 0.15) is 6.04 Å². The van der Waals surface area contributed by atoms with Crippen LogP contribution in [0.1, 0.15) is 24.8 Å². The molecule has 0 radical (unpaired) electrons. The van der Waals surface area contributed by atoms with Crippen LogP contribution in [-0.2, 0) is 20.1 Å². The van der Waals surface area contributed by atoms with E-state index in [1.807, 2.05) is 0 Å². The highest BCUT2D eigenvalue weighted by Gasteiger charge is 2.37. The van der Waals surface area contributed by atoms with Crippen LogP contribution >= 0.6 is 15.9 Å². The summed E-state index contributed by atoms with van der Waals surface area (Å²) in [6.45, 7) is 0.389. The molecule has 1 saturated heterocycles. The highest BCUT2D eigenvalue weighted by atomic mass is 79.9. The van der Waals surface area contributed by atoms with Crippen LogP contribution in [0.2, 0.25) is 0 Å². The number of rotatable bonds is 4. The number of likely N-dealkylation sites (N-methyl/N-ethyl adjacent to an activating group) is 1. The number of halogens is 1. The molecule has 1 fully saturated rings. The predicted octanol–water partition coefficient (Wildman–Crippen LogP) is 1.87. The van der Waals surface area contributed by atoms with Gasteiger partial charge in [-0.15, -0.1) is 0 Å². The van der Waals surface area contributed by atoms with E-state index in [1.54, 1.807) is 24.3 Å². The second kappa shape index (κ2) is 6.89. The third-order valence-corrected chi connectivity index (χ3v) is 6.26. The van der Waals surface area contributed by atoms with Crippen LogP contribution in [0.4, 0.5) is 0 Å². The molecule has 1 aromatic carbocycles. The van der Waals surface area contributed by atoms with Gasteiger partial charge in [0.05, 0.1) is 4.90 Å². The van der Waals surface area contributed by atoms with Crippen LogP contribution in [0, 0.1) is 0 Å². The van der Waals surface area contributed by atoms with Crippen molar-refractivity contribution in [3.05, 3.63) is 29.8 Å². The fourth-order valence-electron chi connectivity index (χ4n) is 2.51. The van der Waals surface area contributed by atoms with Gasteiger partial charge in [0.2, 0.25) is 15.9 Å². The first kappa shape index (κ1) is 16.5. The van der Waals surface area contributed by atoms with Crippen LogP contribution in [0.15, 0.2) is 29.2 Å². The quantitative estimate of drug-likeness (QED) is 0.818. The molecule has 21 heavy (non-hydrogen) atoms. The Hall–Kier alpha value is -0.920. The van der Waals surface area contributed by atoms with Gasteiger partial charge < -0.3 is 5.32 Å². The predicted molar refractivity (Wildman–Crippen MR) is 84.7 cm³/mol. The number of sulfonamides is 1. The number of nitrogens with one attached hydrogen (secondary N) is 1. The summed E-state index contributed by atoms with van der Waals surface area (Å²) in [6, 6.07) is 6.15. The van der Waals surface area contributed by atoms with E-state index in [9.17, 15) is 13.2 Å². The van der Waals surface area contributed by atoms with E-state index < -0.39 is 16.1 Å². The Morgan fingerprint density at radius 1 is 1.33 bits per heavy atom. The van der Waals surface area contributed by atoms with Gasteiger partial charge in [-0.2, -0.15) is 4.31 Å². The average Bonchev–Trinajstić information content (AvgIpc) is 2.54. The van der Waals surface area contributed by atoms with Crippen LogP contribution in [-0.4, -0.2) is 38.3 Å². The van der Waals surface area contributed by atoms with E-state index in [1.165, 1.54) is 11.4 Å². The minimum absolute atomic E-state index is 0.239. The van der Waals surface area contributed by atoms with Crippen molar-refractivity contribution in [3.8, 4) is 0 Å². The maximum Gasteiger partial charge on any atom is 0.243 e. The lowest BCUT2D eigenvalue weighted by atomic mass is 10.0. The molecular weight excluding hydrogens is 356 g/mol. The molecule has 0 saturated carbocycles. The van der Waals surface area contributed by atoms with E-state index in [0.717, 1.165) is 18.4 Å². The molecule has 1 aromatic rings. The molecule has 0 bridgehead atoms. The largest absolute Gasteiger partial charge is 0.358 e. The molecule has 1 unspecified atom stereocenters. The van der Waals surface area contributed by atoms with Gasteiger partial charge in [-0.25, -0.2) is 8.42 Å². The molecule has 0 spiro atoms. The van der Waals surface area contributed by atoms with Gasteiger partial charge in [-0.1, -0.05) is 34.5 Å². The highest BCUT2D eigenvalue weighted by Crippen LogP contribution is 2.26. The fourth-order valence-corrected chi connectivity index (χ4v) is 4.54. The fraction of sp³-hybridized carbons (Fsp3) is 0.500. The monoisotopic (exact) mass is 374 g/mol. The molecule has 1 aliphatic heterocycles. The van der Waals surface area contributed by atoms with Crippen molar-refractivity contribution in [3.63, 3.8) is 0 Å². The van der Waals surface area contributed by atoms with Crippen molar-refractivity contribution in [2.45, 2.75) is 35.5 Å². The smallest absolute Gasteiger partial charge is 0.243 e. The summed E-state index contributed by atoms with van der Waals surface area (Å²) in [5, 5.41) is 3.23. The molecule has 0 aromatic heterocycles. The van der Waals surface area contributed by atoms with Crippen molar-refractivity contribution in [1.29, 1.82) is 0 Å². The Labute approximate surface area is 133 Å². The van der Waals surface area contributed by atoms with Gasteiger partial charge in [0, 0.05) is 18.9 Å². The zero-order valence-corrected chi connectivity index (χ0v) is 14.3. The third-order valence-electron chi connectivity index (χ3n) is 3.69. The van der Waals surface area contributed by atoms with E-state index in [0.29, 0.717) is 18.3 Å². The maximum atomic E-state index is 12.8. The van der Waals surface area contributed by atoms with Gasteiger partial charge in [-0.05, 0) is 30.5 Å².